The Kier molecular flexibility index (Phi) is 3.73. The predicted octanol–water partition coefficient (Wildman–Crippen LogP) is 0.970. The van der Waals surface area contributed by atoms with Crippen LogP contribution in [0.4, 0.5) is 0 Å². The zero-order valence-corrected chi connectivity index (χ0v) is 13.3. The van der Waals surface area contributed by atoms with Gasteiger partial charge in [-0.3, -0.25) is 13.9 Å². The Morgan fingerprint density at radius 1 is 1.42 bits per heavy atom. The fourth-order valence-corrected chi connectivity index (χ4v) is 3.12. The molecule has 8 nitrogen and oxygen atoms in total. The molecule has 24 heavy (non-hydrogen) atoms. The van der Waals surface area contributed by atoms with E-state index in [4.69, 9.17) is 4.74 Å². The van der Waals surface area contributed by atoms with Gasteiger partial charge in [-0.1, -0.05) is 0 Å². The molecule has 1 aliphatic heterocycles. The van der Waals surface area contributed by atoms with E-state index in [0.29, 0.717) is 24.4 Å². The van der Waals surface area contributed by atoms with E-state index in [1.165, 1.54) is 0 Å². The van der Waals surface area contributed by atoms with Crippen molar-refractivity contribution in [1.29, 1.82) is 0 Å². The largest absolute Gasteiger partial charge is 0.372 e. The van der Waals surface area contributed by atoms with Crippen LogP contribution in [0.25, 0.3) is 5.65 Å². The second-order valence-corrected chi connectivity index (χ2v) is 5.94. The average Bonchev–Trinajstić information content (AvgIpc) is 3.31. The highest BCUT2D eigenvalue weighted by atomic mass is 16.5. The third kappa shape index (κ3) is 2.65. The highest BCUT2D eigenvalue weighted by Gasteiger charge is 2.31. The summed E-state index contributed by atoms with van der Waals surface area (Å²) in [5, 5.41) is 14.9. The normalized spacial score (nSPS) is 20.5. The summed E-state index contributed by atoms with van der Waals surface area (Å²) in [5.41, 5.74) is 2.34. The number of fused-ring (bicyclic) bond motifs is 1. The van der Waals surface area contributed by atoms with Crippen LogP contribution in [0.1, 0.15) is 28.6 Å². The van der Waals surface area contributed by atoms with Gasteiger partial charge in [-0.2, -0.15) is 5.10 Å². The first-order chi connectivity index (χ1) is 11.7. The zero-order chi connectivity index (χ0) is 16.5. The van der Waals surface area contributed by atoms with Gasteiger partial charge in [0.25, 0.3) is 5.91 Å². The van der Waals surface area contributed by atoms with E-state index in [-0.39, 0.29) is 17.9 Å². The van der Waals surface area contributed by atoms with Crippen LogP contribution in [0.5, 0.6) is 0 Å². The molecule has 0 unspecified atom stereocenters. The number of hydrogen-bond acceptors (Lipinski definition) is 5. The van der Waals surface area contributed by atoms with Crippen LogP contribution in [0.15, 0.2) is 36.9 Å². The molecule has 1 aliphatic rings. The standard InChI is InChI=1S/C16H18N6O2/c1-21-13(4-6-19-21)15-11(5-7-24-15)8-17-16(23)12-2-3-14-20-18-10-22(14)9-12/h2-4,6,9-11,15H,5,7-8H2,1H3,(H,17,23)/t11-,15+/m0/s1. The summed E-state index contributed by atoms with van der Waals surface area (Å²) in [6.45, 7) is 1.26. The molecule has 2 atom stereocenters. The summed E-state index contributed by atoms with van der Waals surface area (Å²) >= 11 is 0. The van der Waals surface area contributed by atoms with E-state index < -0.39 is 0 Å². The Morgan fingerprint density at radius 2 is 2.33 bits per heavy atom. The van der Waals surface area contributed by atoms with E-state index >= 15 is 0 Å². The van der Waals surface area contributed by atoms with Crippen LogP contribution in [0.2, 0.25) is 0 Å². The van der Waals surface area contributed by atoms with Crippen LogP contribution < -0.4 is 5.32 Å². The summed E-state index contributed by atoms with van der Waals surface area (Å²) < 4.78 is 9.40. The van der Waals surface area contributed by atoms with Gasteiger partial charge in [-0.15, -0.1) is 10.2 Å². The molecule has 124 valence electrons. The number of nitrogens with zero attached hydrogens (tertiary/aromatic N) is 5. The van der Waals surface area contributed by atoms with Crippen molar-refractivity contribution in [1.82, 2.24) is 29.7 Å². The molecule has 1 amide bonds. The van der Waals surface area contributed by atoms with Crippen molar-refractivity contribution in [3.8, 4) is 0 Å². The van der Waals surface area contributed by atoms with Gasteiger partial charge in [0, 0.05) is 38.5 Å². The topological polar surface area (TPSA) is 86.3 Å². The zero-order valence-electron chi connectivity index (χ0n) is 13.3. The van der Waals surface area contributed by atoms with Gasteiger partial charge in [0.1, 0.15) is 12.4 Å². The van der Waals surface area contributed by atoms with E-state index in [9.17, 15) is 4.79 Å². The lowest BCUT2D eigenvalue weighted by Gasteiger charge is -2.19. The SMILES string of the molecule is Cn1nccc1[C@@H]1OCC[C@H]1CNC(=O)c1ccc2nncn2c1. The van der Waals surface area contributed by atoms with Crippen molar-refractivity contribution in [2.75, 3.05) is 13.2 Å². The molecule has 1 N–H and O–H groups in total. The van der Waals surface area contributed by atoms with Gasteiger partial charge in [-0.05, 0) is 24.6 Å². The number of pyridine rings is 1. The smallest absolute Gasteiger partial charge is 0.252 e. The minimum absolute atomic E-state index is 0.0295. The van der Waals surface area contributed by atoms with Crippen LogP contribution in [0, 0.1) is 5.92 Å². The predicted molar refractivity (Wildman–Crippen MR) is 85.3 cm³/mol. The number of nitrogens with one attached hydrogen (secondary N) is 1. The molecule has 0 aliphatic carbocycles. The van der Waals surface area contributed by atoms with Crippen LogP contribution in [-0.2, 0) is 11.8 Å². The fraction of sp³-hybridized carbons (Fsp3) is 0.375. The fourth-order valence-electron chi connectivity index (χ4n) is 3.12. The molecule has 1 saturated heterocycles. The molecule has 0 bridgehead atoms. The highest BCUT2D eigenvalue weighted by Crippen LogP contribution is 2.33. The minimum atomic E-state index is -0.110. The van der Waals surface area contributed by atoms with Crippen molar-refractivity contribution in [2.45, 2.75) is 12.5 Å². The Morgan fingerprint density at radius 3 is 3.17 bits per heavy atom. The van der Waals surface area contributed by atoms with Crippen molar-refractivity contribution in [2.24, 2.45) is 13.0 Å². The summed E-state index contributed by atoms with van der Waals surface area (Å²) in [4.78, 5) is 12.4. The molecule has 0 aromatic carbocycles. The summed E-state index contributed by atoms with van der Waals surface area (Å²) in [7, 11) is 1.90. The van der Waals surface area contributed by atoms with E-state index in [1.54, 1.807) is 35.3 Å². The number of hydrogen-bond donors (Lipinski definition) is 1. The Hall–Kier alpha value is -2.74. The lowest BCUT2D eigenvalue weighted by Crippen LogP contribution is -2.31. The molecule has 1 fully saturated rings. The lowest BCUT2D eigenvalue weighted by atomic mass is 9.99. The van der Waals surface area contributed by atoms with E-state index in [1.807, 2.05) is 17.8 Å². The molecule has 3 aromatic rings. The Labute approximate surface area is 138 Å². The monoisotopic (exact) mass is 326 g/mol. The molecule has 4 heterocycles. The number of aryl methyl sites for hydroxylation is 1. The molecule has 0 radical (unpaired) electrons. The number of carbonyl (C=O) groups is 1. The molecule has 0 saturated carbocycles. The first kappa shape index (κ1) is 14.8. The molecule has 3 aromatic heterocycles. The van der Waals surface area contributed by atoms with E-state index in [2.05, 4.69) is 20.6 Å². The second kappa shape index (κ2) is 6.04. The van der Waals surface area contributed by atoms with Crippen molar-refractivity contribution in [3.63, 3.8) is 0 Å². The maximum Gasteiger partial charge on any atom is 0.252 e. The number of ether oxygens (including phenoxy) is 1. The van der Waals surface area contributed by atoms with E-state index in [0.717, 1.165) is 12.1 Å². The lowest BCUT2D eigenvalue weighted by molar-refractivity contribution is 0.0801. The van der Waals surface area contributed by atoms with Crippen LogP contribution in [-0.4, -0.2) is 43.4 Å². The summed E-state index contributed by atoms with van der Waals surface area (Å²) in [5.74, 6) is 0.129. The highest BCUT2D eigenvalue weighted by molar-refractivity contribution is 5.94. The first-order valence-electron chi connectivity index (χ1n) is 7.89. The van der Waals surface area contributed by atoms with Crippen molar-refractivity contribution < 1.29 is 9.53 Å². The van der Waals surface area contributed by atoms with Crippen LogP contribution in [0.3, 0.4) is 0 Å². The number of amides is 1. The minimum Gasteiger partial charge on any atom is -0.372 e. The third-order valence-corrected chi connectivity index (χ3v) is 4.44. The molecule has 4 rings (SSSR count). The number of rotatable bonds is 4. The molecule has 0 spiro atoms. The van der Waals surface area contributed by atoms with Gasteiger partial charge in [0.05, 0.1) is 11.3 Å². The van der Waals surface area contributed by atoms with Gasteiger partial charge in [-0.25, -0.2) is 0 Å². The number of aromatic nitrogens is 5. The first-order valence-corrected chi connectivity index (χ1v) is 7.89. The second-order valence-electron chi connectivity index (χ2n) is 5.94. The van der Waals surface area contributed by atoms with Crippen molar-refractivity contribution in [3.05, 3.63) is 48.2 Å². The van der Waals surface area contributed by atoms with Gasteiger partial charge >= 0.3 is 0 Å². The van der Waals surface area contributed by atoms with Crippen molar-refractivity contribution >= 4 is 11.6 Å². The Balaban J connectivity index is 1.43. The maximum absolute atomic E-state index is 12.4. The molecule has 8 heteroatoms. The maximum atomic E-state index is 12.4. The third-order valence-electron chi connectivity index (χ3n) is 4.44. The Bertz CT molecular complexity index is 870. The molecular weight excluding hydrogens is 308 g/mol. The quantitative estimate of drug-likeness (QED) is 0.772. The average molecular weight is 326 g/mol. The summed E-state index contributed by atoms with van der Waals surface area (Å²) in [6, 6.07) is 5.49. The molecular formula is C16H18N6O2. The van der Waals surface area contributed by atoms with Gasteiger partial charge in [0.2, 0.25) is 0 Å². The number of carbonyl (C=O) groups excluding carboxylic acids is 1. The van der Waals surface area contributed by atoms with Crippen LogP contribution >= 0.6 is 0 Å². The van der Waals surface area contributed by atoms with Gasteiger partial charge < -0.3 is 10.1 Å². The van der Waals surface area contributed by atoms with Gasteiger partial charge in [0.15, 0.2) is 5.65 Å². The summed E-state index contributed by atoms with van der Waals surface area (Å²) in [6.07, 6.45) is 5.96.